The topological polar surface area (TPSA) is 256 Å². The largest absolute Gasteiger partial charge is 0.450 e. The van der Waals surface area contributed by atoms with Gasteiger partial charge < -0.3 is 48.4 Å². The van der Waals surface area contributed by atoms with E-state index in [1.54, 1.807) is 0 Å². The summed E-state index contributed by atoms with van der Waals surface area (Å²) in [6.07, 6.45) is -3.38. The Morgan fingerprint density at radius 2 is 1.23 bits per heavy atom. The van der Waals surface area contributed by atoms with Crippen molar-refractivity contribution in [1.82, 2.24) is 16.0 Å². The Labute approximate surface area is 266 Å². The van der Waals surface area contributed by atoms with Crippen LogP contribution in [0.25, 0.3) is 0 Å². The number of nitrogens with zero attached hydrogens (tertiary/aromatic N) is 1. The lowest BCUT2D eigenvalue weighted by Crippen LogP contribution is -2.57. The summed E-state index contributed by atoms with van der Waals surface area (Å²) in [5.74, 6) is -15.4. The Balaban J connectivity index is 3.41. The third kappa shape index (κ3) is 13.9. The number of benzene rings is 1. The number of amides is 5. The van der Waals surface area contributed by atoms with Gasteiger partial charge in [0.2, 0.25) is 23.5 Å². The fraction of sp³-hybridized carbons (Fsp3) is 0.556. The van der Waals surface area contributed by atoms with Gasteiger partial charge in [0.05, 0.1) is 6.61 Å². The number of carbonyl (C=O) groups is 5. The molecule has 11 N–H and O–H groups in total. The summed E-state index contributed by atoms with van der Waals surface area (Å²) >= 11 is 0. The van der Waals surface area contributed by atoms with Crippen LogP contribution >= 0.6 is 0 Å². The molecule has 15 nitrogen and oxygen atoms in total. The molecule has 1 aromatic rings. The monoisotopic (exact) mass is 682 g/mol. The highest BCUT2D eigenvalue weighted by molar-refractivity contribution is 5.93. The molecule has 0 aliphatic heterocycles. The van der Waals surface area contributed by atoms with E-state index in [9.17, 15) is 45.9 Å². The molecule has 0 saturated carbocycles. The quantitative estimate of drug-likeness (QED) is 0.0303. The maximum absolute atomic E-state index is 14.6. The zero-order valence-corrected chi connectivity index (χ0v) is 25.9. The van der Waals surface area contributed by atoms with Crippen molar-refractivity contribution in [2.45, 2.75) is 83.0 Å². The van der Waals surface area contributed by atoms with Gasteiger partial charge in [0.25, 0.3) is 0 Å². The Bertz CT molecular complexity index is 1310. The predicted molar refractivity (Wildman–Crippen MR) is 155 cm³/mol. The van der Waals surface area contributed by atoms with Crippen LogP contribution in [0.5, 0.6) is 0 Å². The number of guanidine groups is 1. The molecule has 0 unspecified atom stereocenters. The number of carbonyl (C=O) groups excluding carboxylic acids is 5. The first-order chi connectivity index (χ1) is 21.7. The molecule has 0 radical (unpaired) electrons. The molecule has 3 atom stereocenters. The van der Waals surface area contributed by atoms with Crippen molar-refractivity contribution in [1.29, 1.82) is 0 Å². The predicted octanol–water partition coefficient (Wildman–Crippen LogP) is 0.592. The van der Waals surface area contributed by atoms with E-state index in [1.807, 2.05) is 0 Å². The number of primary amides is 2. The summed E-state index contributed by atoms with van der Waals surface area (Å²) in [6.45, 7) is 4.45. The molecular formula is C27H39F5N8O7. The molecule has 0 aliphatic rings. The molecule has 47 heavy (non-hydrogen) atoms. The van der Waals surface area contributed by atoms with E-state index in [2.05, 4.69) is 25.7 Å². The molecule has 20 heteroatoms. The van der Waals surface area contributed by atoms with Crippen molar-refractivity contribution < 1.29 is 55.4 Å². The zero-order valence-electron chi connectivity index (χ0n) is 25.9. The number of hydrogen-bond donors (Lipinski definition) is 7. The summed E-state index contributed by atoms with van der Waals surface area (Å²) in [7, 11) is 0. The number of ether oxygens (including phenoxy) is 2. The lowest BCUT2D eigenvalue weighted by Gasteiger charge is -2.26. The Kier molecular flexibility index (Phi) is 15.6. The van der Waals surface area contributed by atoms with Crippen molar-refractivity contribution in [3.05, 3.63) is 34.6 Å². The van der Waals surface area contributed by atoms with Crippen LogP contribution in [0.3, 0.4) is 0 Å². The smallest absolute Gasteiger partial charge is 0.408 e. The fourth-order valence-electron chi connectivity index (χ4n) is 3.92. The second-order valence-electron chi connectivity index (χ2n) is 11.1. The van der Waals surface area contributed by atoms with Crippen molar-refractivity contribution in [3.63, 3.8) is 0 Å². The molecule has 0 spiro atoms. The van der Waals surface area contributed by atoms with Gasteiger partial charge >= 0.3 is 12.2 Å². The van der Waals surface area contributed by atoms with Crippen LogP contribution in [0.2, 0.25) is 0 Å². The van der Waals surface area contributed by atoms with Gasteiger partial charge in [-0.05, 0) is 52.9 Å². The van der Waals surface area contributed by atoms with E-state index in [1.165, 1.54) is 20.8 Å². The highest BCUT2D eigenvalue weighted by Crippen LogP contribution is 2.24. The van der Waals surface area contributed by atoms with Crippen molar-refractivity contribution in [2.24, 2.45) is 27.9 Å². The standard InChI is InChI=1S/C27H39F5N8O7/c1-27(2,3)47-26(45)40-14(8-6-9-37-24(34)35)22(42)39-15(11-12-16(28)18(30)20(32)19(31)17(12)29)23(43)38-13(21(33)41)7-4-5-10-46-25(36)44/h13-15H,4-11H2,1-3H3,(H2,33,41)(H2,36,44)(H,38,43)(H,39,42)(H,40,45)(H4,34,35,37)/t13-,14+,15-/m0/s1. The second kappa shape index (κ2) is 18.3. The van der Waals surface area contributed by atoms with Gasteiger partial charge in [-0.1, -0.05) is 0 Å². The first-order valence-electron chi connectivity index (χ1n) is 14.1. The second-order valence-corrected chi connectivity index (χ2v) is 11.1. The van der Waals surface area contributed by atoms with Crippen LogP contribution < -0.4 is 38.9 Å². The minimum atomic E-state index is -2.45. The molecule has 0 aliphatic carbocycles. The van der Waals surface area contributed by atoms with E-state index >= 15 is 0 Å². The first kappa shape index (κ1) is 40.1. The van der Waals surface area contributed by atoms with Crippen LogP contribution in [0.1, 0.15) is 58.4 Å². The molecular weight excluding hydrogens is 643 g/mol. The van der Waals surface area contributed by atoms with Crippen LogP contribution in [0, 0.1) is 29.1 Å². The van der Waals surface area contributed by atoms with Crippen LogP contribution in [0.15, 0.2) is 4.99 Å². The third-order valence-corrected chi connectivity index (χ3v) is 6.09. The van der Waals surface area contributed by atoms with Gasteiger partial charge in [0, 0.05) is 18.5 Å². The molecule has 0 aromatic heterocycles. The number of halogens is 5. The van der Waals surface area contributed by atoms with Gasteiger partial charge in [-0.25, -0.2) is 31.5 Å². The van der Waals surface area contributed by atoms with Crippen molar-refractivity contribution >= 4 is 35.9 Å². The maximum atomic E-state index is 14.6. The minimum Gasteiger partial charge on any atom is -0.450 e. The Hall–Kier alpha value is -4.91. The first-order valence-corrected chi connectivity index (χ1v) is 14.1. The number of nitrogens with two attached hydrogens (primary N) is 4. The van der Waals surface area contributed by atoms with E-state index in [-0.39, 0.29) is 51.2 Å². The van der Waals surface area contributed by atoms with Gasteiger partial charge in [-0.15, -0.1) is 0 Å². The van der Waals surface area contributed by atoms with E-state index in [0.29, 0.717) is 0 Å². The number of aliphatic imine (C=N–C) groups is 1. The van der Waals surface area contributed by atoms with E-state index in [4.69, 9.17) is 27.7 Å². The van der Waals surface area contributed by atoms with Gasteiger partial charge in [-0.2, -0.15) is 0 Å². The van der Waals surface area contributed by atoms with Gasteiger partial charge in [0.1, 0.15) is 23.7 Å². The maximum Gasteiger partial charge on any atom is 0.408 e. The molecule has 0 fully saturated rings. The number of unbranched alkanes of at least 4 members (excludes halogenated alkanes) is 1. The van der Waals surface area contributed by atoms with Crippen molar-refractivity contribution in [3.8, 4) is 0 Å². The molecule has 264 valence electrons. The summed E-state index contributed by atoms with van der Waals surface area (Å²) in [5.41, 5.74) is 18.3. The summed E-state index contributed by atoms with van der Waals surface area (Å²) in [6, 6.07) is -5.04. The molecule has 1 rings (SSSR count). The fourth-order valence-corrected chi connectivity index (χ4v) is 3.92. The average molecular weight is 683 g/mol. The van der Waals surface area contributed by atoms with Crippen LogP contribution in [-0.4, -0.2) is 72.7 Å². The highest BCUT2D eigenvalue weighted by Gasteiger charge is 2.34. The average Bonchev–Trinajstić information content (AvgIpc) is 2.95. The summed E-state index contributed by atoms with van der Waals surface area (Å²) in [4.78, 5) is 65.7. The summed E-state index contributed by atoms with van der Waals surface area (Å²) in [5, 5.41) is 6.57. The Morgan fingerprint density at radius 1 is 0.723 bits per heavy atom. The molecule has 0 saturated heterocycles. The summed E-state index contributed by atoms with van der Waals surface area (Å²) < 4.78 is 80.6. The lowest BCUT2D eigenvalue weighted by molar-refractivity contribution is -0.132. The van der Waals surface area contributed by atoms with E-state index in [0.717, 1.165) is 0 Å². The number of rotatable bonds is 17. The SMILES string of the molecule is CC(C)(C)OC(=O)N[C@H](CCCN=C(N)N)C(=O)N[C@@H](Cc1c(F)c(F)c(F)c(F)c1F)C(=O)N[C@@H](CCCCOC(N)=O)C(N)=O. The van der Waals surface area contributed by atoms with Crippen LogP contribution in [-0.2, 0) is 30.3 Å². The lowest BCUT2D eigenvalue weighted by atomic mass is 10.0. The third-order valence-electron chi connectivity index (χ3n) is 6.09. The van der Waals surface area contributed by atoms with Gasteiger partial charge in [-0.3, -0.25) is 19.4 Å². The number of nitrogens with one attached hydrogen (secondary N) is 3. The van der Waals surface area contributed by atoms with Crippen molar-refractivity contribution in [2.75, 3.05) is 13.2 Å². The number of hydrogen-bond acceptors (Lipinski definition) is 8. The molecule has 0 bridgehead atoms. The van der Waals surface area contributed by atoms with Crippen LogP contribution in [0.4, 0.5) is 31.5 Å². The number of alkyl carbamates (subject to hydrolysis) is 1. The van der Waals surface area contributed by atoms with E-state index < -0.39 is 94.7 Å². The molecule has 1 aromatic carbocycles. The normalized spacial score (nSPS) is 13.0. The molecule has 0 heterocycles. The Morgan fingerprint density at radius 3 is 1.74 bits per heavy atom. The molecule has 5 amide bonds. The van der Waals surface area contributed by atoms with Gasteiger partial charge in [0.15, 0.2) is 29.2 Å². The minimum absolute atomic E-state index is 0.0125. The highest BCUT2D eigenvalue weighted by atomic mass is 19.2. The zero-order chi connectivity index (χ0) is 36.1.